The minimum atomic E-state index is -1.36. The Kier molecular flexibility index (Phi) is 6.10. The van der Waals surface area contributed by atoms with Crippen LogP contribution in [0.25, 0.3) is 11.1 Å². The second kappa shape index (κ2) is 9.24. The molecule has 5 rings (SSSR count). The summed E-state index contributed by atoms with van der Waals surface area (Å²) in [6.45, 7) is 0. The fourth-order valence-electron chi connectivity index (χ4n) is 5.62. The largest absolute Gasteiger partial charge is 0.497 e. The van der Waals surface area contributed by atoms with Crippen molar-refractivity contribution in [1.82, 2.24) is 10.2 Å². The van der Waals surface area contributed by atoms with Crippen LogP contribution in [0.3, 0.4) is 0 Å². The SMILES string of the molecule is COC(=O)[C@]1(Cc2ccccc2)N[C@H](c2ccc(-c3ccc(OC)cc3)cc2)[C@@H]2C(=O)N(C)C(=O)[C@@H]21. The number of nitrogens with zero attached hydrogens (tertiary/aromatic N) is 1. The lowest BCUT2D eigenvalue weighted by atomic mass is 9.76. The summed E-state index contributed by atoms with van der Waals surface area (Å²) in [4.78, 5) is 41.1. The number of benzene rings is 3. The van der Waals surface area contributed by atoms with Crippen molar-refractivity contribution in [2.45, 2.75) is 18.0 Å². The second-order valence-corrected chi connectivity index (χ2v) is 9.34. The number of likely N-dealkylation sites (tertiary alicyclic amines) is 1. The van der Waals surface area contributed by atoms with Crippen LogP contribution in [0.1, 0.15) is 17.2 Å². The Morgan fingerprint density at radius 1 is 0.889 bits per heavy atom. The number of hydrogen-bond acceptors (Lipinski definition) is 6. The van der Waals surface area contributed by atoms with Crippen LogP contribution in [0.4, 0.5) is 0 Å². The first kappa shape index (κ1) is 23.8. The molecular formula is C29H28N2O5. The summed E-state index contributed by atoms with van der Waals surface area (Å²) >= 11 is 0. The molecule has 184 valence electrons. The van der Waals surface area contributed by atoms with Crippen LogP contribution in [0, 0.1) is 11.8 Å². The van der Waals surface area contributed by atoms with E-state index in [1.54, 1.807) is 7.11 Å². The normalized spacial score (nSPS) is 25.1. The van der Waals surface area contributed by atoms with Crippen molar-refractivity contribution in [3.63, 3.8) is 0 Å². The van der Waals surface area contributed by atoms with Gasteiger partial charge in [-0.25, -0.2) is 0 Å². The zero-order valence-corrected chi connectivity index (χ0v) is 20.4. The van der Waals surface area contributed by atoms with E-state index in [-0.39, 0.29) is 18.2 Å². The van der Waals surface area contributed by atoms with E-state index >= 15 is 0 Å². The molecule has 3 aromatic rings. The average Bonchev–Trinajstić information content (AvgIpc) is 3.38. The number of ether oxygens (including phenoxy) is 2. The number of carbonyl (C=O) groups excluding carboxylic acids is 3. The van der Waals surface area contributed by atoms with E-state index < -0.39 is 29.4 Å². The number of esters is 1. The number of amides is 2. The van der Waals surface area contributed by atoms with Crippen LogP contribution in [0.2, 0.25) is 0 Å². The predicted molar refractivity (Wildman–Crippen MR) is 134 cm³/mol. The standard InChI is InChI=1S/C29H28N2O5/c1-31-26(32)23-24(27(31)33)29(28(34)36-3,17-18-7-5-4-6-8-18)30-25(23)21-11-9-19(10-12-21)20-13-15-22(35-2)16-14-20/h4-16,23-25,30H,17H2,1-3H3/t23-,24-,25-,29-/m1/s1. The van der Waals surface area contributed by atoms with Gasteiger partial charge in [-0.15, -0.1) is 0 Å². The topological polar surface area (TPSA) is 84.9 Å². The molecule has 7 heteroatoms. The van der Waals surface area contributed by atoms with Gasteiger partial charge in [0.25, 0.3) is 0 Å². The smallest absolute Gasteiger partial charge is 0.327 e. The van der Waals surface area contributed by atoms with Gasteiger partial charge in [0.15, 0.2) is 0 Å². The Hall–Kier alpha value is -3.97. The van der Waals surface area contributed by atoms with E-state index in [9.17, 15) is 14.4 Å². The first-order valence-corrected chi connectivity index (χ1v) is 11.9. The van der Waals surface area contributed by atoms with Gasteiger partial charge in [0.05, 0.1) is 26.1 Å². The molecule has 3 aromatic carbocycles. The Balaban J connectivity index is 1.54. The van der Waals surface area contributed by atoms with E-state index in [1.807, 2.05) is 78.9 Å². The van der Waals surface area contributed by atoms with Gasteiger partial charge < -0.3 is 9.47 Å². The minimum Gasteiger partial charge on any atom is -0.497 e. The Morgan fingerprint density at radius 2 is 1.50 bits per heavy atom. The molecule has 2 aliphatic heterocycles. The number of carbonyl (C=O) groups is 3. The van der Waals surface area contributed by atoms with Gasteiger partial charge in [0.2, 0.25) is 11.8 Å². The summed E-state index contributed by atoms with van der Waals surface area (Å²) in [6, 6.07) is 24.6. The summed E-state index contributed by atoms with van der Waals surface area (Å²) in [5.74, 6) is -2.00. The fourth-order valence-corrected chi connectivity index (χ4v) is 5.62. The molecular weight excluding hydrogens is 456 g/mol. The molecule has 0 radical (unpaired) electrons. The van der Waals surface area contributed by atoms with Gasteiger partial charge >= 0.3 is 5.97 Å². The zero-order chi connectivity index (χ0) is 25.4. The molecule has 2 heterocycles. The third-order valence-electron chi connectivity index (χ3n) is 7.44. The van der Waals surface area contributed by atoms with Crippen molar-refractivity contribution < 1.29 is 23.9 Å². The molecule has 2 saturated heterocycles. The zero-order valence-electron chi connectivity index (χ0n) is 20.4. The first-order chi connectivity index (χ1) is 17.4. The van der Waals surface area contributed by atoms with Gasteiger partial charge in [-0.1, -0.05) is 66.7 Å². The summed E-state index contributed by atoms with van der Waals surface area (Å²) < 4.78 is 10.5. The highest BCUT2D eigenvalue weighted by Gasteiger charge is 2.68. The molecule has 2 aliphatic rings. The van der Waals surface area contributed by atoms with E-state index in [2.05, 4.69) is 5.32 Å². The number of methoxy groups -OCH3 is 2. The number of rotatable bonds is 6. The first-order valence-electron chi connectivity index (χ1n) is 11.9. The van der Waals surface area contributed by atoms with Crippen LogP contribution in [-0.2, 0) is 25.5 Å². The summed E-state index contributed by atoms with van der Waals surface area (Å²) in [6.07, 6.45) is 0.231. The molecule has 7 nitrogen and oxygen atoms in total. The molecule has 0 unspecified atom stereocenters. The Morgan fingerprint density at radius 3 is 2.08 bits per heavy atom. The molecule has 1 N–H and O–H groups in total. The van der Waals surface area contributed by atoms with Crippen LogP contribution in [0.15, 0.2) is 78.9 Å². The van der Waals surface area contributed by atoms with Gasteiger partial charge in [-0.2, -0.15) is 0 Å². The van der Waals surface area contributed by atoms with E-state index in [1.165, 1.54) is 14.2 Å². The van der Waals surface area contributed by atoms with E-state index in [0.29, 0.717) is 0 Å². The third-order valence-corrected chi connectivity index (χ3v) is 7.44. The molecule has 2 fully saturated rings. The summed E-state index contributed by atoms with van der Waals surface area (Å²) in [5.41, 5.74) is 2.37. The third kappa shape index (κ3) is 3.76. The highest BCUT2D eigenvalue weighted by atomic mass is 16.5. The maximum atomic E-state index is 13.3. The number of hydrogen-bond donors (Lipinski definition) is 1. The number of nitrogens with one attached hydrogen (secondary N) is 1. The van der Waals surface area contributed by atoms with Crippen molar-refractivity contribution >= 4 is 17.8 Å². The van der Waals surface area contributed by atoms with Crippen LogP contribution in [-0.4, -0.2) is 49.5 Å². The minimum absolute atomic E-state index is 0.231. The van der Waals surface area contributed by atoms with Crippen molar-refractivity contribution in [2.75, 3.05) is 21.3 Å². The fraction of sp³-hybridized carbons (Fsp3) is 0.276. The number of fused-ring (bicyclic) bond motifs is 1. The summed E-state index contributed by atoms with van der Waals surface area (Å²) in [7, 11) is 4.43. The average molecular weight is 485 g/mol. The van der Waals surface area contributed by atoms with Gasteiger partial charge in [0, 0.05) is 19.5 Å². The lowest BCUT2D eigenvalue weighted by molar-refractivity contribution is -0.153. The maximum Gasteiger partial charge on any atom is 0.327 e. The molecule has 36 heavy (non-hydrogen) atoms. The second-order valence-electron chi connectivity index (χ2n) is 9.34. The highest BCUT2D eigenvalue weighted by Crippen LogP contribution is 2.50. The van der Waals surface area contributed by atoms with Crippen molar-refractivity contribution in [2.24, 2.45) is 11.8 Å². The maximum absolute atomic E-state index is 13.3. The quantitative estimate of drug-likeness (QED) is 0.427. The highest BCUT2D eigenvalue weighted by molar-refractivity contribution is 6.09. The number of imide groups is 1. The molecule has 0 spiro atoms. The Bertz CT molecular complexity index is 1290. The predicted octanol–water partition coefficient (Wildman–Crippen LogP) is 3.39. The van der Waals surface area contributed by atoms with E-state index in [0.717, 1.165) is 32.9 Å². The monoisotopic (exact) mass is 484 g/mol. The molecule has 4 atom stereocenters. The molecule has 0 bridgehead atoms. The molecule has 0 aliphatic carbocycles. The van der Waals surface area contributed by atoms with Gasteiger partial charge in [-0.05, 0) is 34.4 Å². The van der Waals surface area contributed by atoms with Crippen LogP contribution in [0.5, 0.6) is 5.75 Å². The van der Waals surface area contributed by atoms with Crippen molar-refractivity contribution in [3.05, 3.63) is 90.0 Å². The molecule has 2 amide bonds. The van der Waals surface area contributed by atoms with Crippen molar-refractivity contribution in [1.29, 1.82) is 0 Å². The molecule has 0 aromatic heterocycles. The van der Waals surface area contributed by atoms with Crippen LogP contribution < -0.4 is 10.1 Å². The Labute approximate surface area is 210 Å². The lowest BCUT2D eigenvalue weighted by Crippen LogP contribution is -2.57. The van der Waals surface area contributed by atoms with Crippen molar-refractivity contribution in [3.8, 4) is 16.9 Å². The summed E-state index contributed by atoms with van der Waals surface area (Å²) in [5, 5.41) is 3.42. The van der Waals surface area contributed by atoms with Gasteiger partial charge in [-0.3, -0.25) is 24.6 Å². The molecule has 0 saturated carbocycles. The van der Waals surface area contributed by atoms with E-state index in [4.69, 9.17) is 9.47 Å². The lowest BCUT2D eigenvalue weighted by Gasteiger charge is -2.32. The van der Waals surface area contributed by atoms with Gasteiger partial charge in [0.1, 0.15) is 11.3 Å². The van der Waals surface area contributed by atoms with Crippen LogP contribution >= 0.6 is 0 Å².